The zero-order chi connectivity index (χ0) is 20.1. The third kappa shape index (κ3) is 3.20. The van der Waals surface area contributed by atoms with Gasteiger partial charge in [0.15, 0.2) is 0 Å². The minimum atomic E-state index is -3.68. The Labute approximate surface area is 168 Å². The molecule has 0 unspecified atom stereocenters. The van der Waals surface area contributed by atoms with Crippen LogP contribution in [0.15, 0.2) is 66.7 Å². The Balaban J connectivity index is 2.67. The van der Waals surface area contributed by atoms with Crippen molar-refractivity contribution >= 4 is 62.4 Å². The normalized spacial score (nSPS) is 10.9. The number of hydrogen-bond donors (Lipinski definition) is 0. The third-order valence-corrected chi connectivity index (χ3v) is 18.6. The summed E-state index contributed by atoms with van der Waals surface area (Å²) in [5.74, 6) is 6.62. The van der Waals surface area contributed by atoms with E-state index in [1.165, 1.54) is 6.07 Å². The SMILES string of the molecule is O=C=c1cc([AsH](Br)(c2ccccc2)c2ccccc2)c(=C=O)c(=C=O)c1=C=O. The molecule has 0 aliphatic heterocycles. The van der Waals surface area contributed by atoms with E-state index in [4.69, 9.17) is 0 Å². The Morgan fingerprint density at radius 3 is 1.46 bits per heavy atom. The zero-order valence-electron chi connectivity index (χ0n) is 14.4. The minimum absolute atomic E-state index is 0.0862. The second-order valence-corrected chi connectivity index (χ2v) is 18.4. The van der Waals surface area contributed by atoms with Crippen LogP contribution >= 0.6 is 13.9 Å². The van der Waals surface area contributed by atoms with Crippen molar-refractivity contribution in [2.45, 2.75) is 0 Å². The van der Waals surface area contributed by atoms with Crippen LogP contribution in [0.25, 0.3) is 0 Å². The molecule has 0 saturated carbocycles. The topological polar surface area (TPSA) is 68.3 Å². The Morgan fingerprint density at radius 1 is 0.607 bits per heavy atom. The van der Waals surface area contributed by atoms with Gasteiger partial charge in [0.05, 0.1) is 0 Å². The molecule has 0 amide bonds. The van der Waals surface area contributed by atoms with Crippen LogP contribution in [-0.2, 0) is 19.2 Å². The van der Waals surface area contributed by atoms with E-state index in [1.807, 2.05) is 60.7 Å². The van der Waals surface area contributed by atoms with Gasteiger partial charge in [0.2, 0.25) is 0 Å². The molecule has 0 fully saturated rings. The van der Waals surface area contributed by atoms with Crippen molar-refractivity contribution in [3.63, 3.8) is 0 Å². The van der Waals surface area contributed by atoms with Crippen LogP contribution in [0.2, 0.25) is 0 Å². The first-order valence-corrected chi connectivity index (χ1v) is 16.2. The van der Waals surface area contributed by atoms with Crippen LogP contribution in [0, 0.1) is 0 Å². The molecule has 0 aromatic heterocycles. The van der Waals surface area contributed by atoms with E-state index in [1.54, 1.807) is 23.8 Å². The molecule has 0 atom stereocenters. The molecule has 0 bridgehead atoms. The van der Waals surface area contributed by atoms with Gasteiger partial charge in [0.25, 0.3) is 0 Å². The van der Waals surface area contributed by atoms with Crippen LogP contribution < -0.4 is 33.9 Å². The molecule has 136 valence electrons. The van der Waals surface area contributed by atoms with Crippen molar-refractivity contribution in [1.29, 1.82) is 0 Å². The second kappa shape index (κ2) is 8.36. The maximum atomic E-state index is 11.9. The van der Waals surface area contributed by atoms with E-state index >= 15 is 0 Å². The van der Waals surface area contributed by atoms with Gasteiger partial charge in [-0.1, -0.05) is 0 Å². The predicted octanol–water partition coefficient (Wildman–Crippen LogP) is -3.21. The molecule has 0 spiro atoms. The van der Waals surface area contributed by atoms with Gasteiger partial charge in [0, 0.05) is 0 Å². The van der Waals surface area contributed by atoms with Crippen molar-refractivity contribution in [3.05, 3.63) is 87.6 Å². The molecular weight excluding hydrogens is 483 g/mol. The van der Waals surface area contributed by atoms with Gasteiger partial charge in [-0.25, -0.2) is 0 Å². The Bertz CT molecular complexity index is 1340. The molecule has 6 heteroatoms. The van der Waals surface area contributed by atoms with E-state index < -0.39 is 11.7 Å². The van der Waals surface area contributed by atoms with Crippen molar-refractivity contribution in [2.75, 3.05) is 0 Å². The molecule has 0 N–H and O–H groups in total. The summed E-state index contributed by atoms with van der Waals surface area (Å²) in [4.78, 5) is 46.2. The Kier molecular flexibility index (Phi) is 5.90. The fraction of sp³-hybridized carbons (Fsp3) is 0. The van der Waals surface area contributed by atoms with E-state index in [2.05, 4.69) is 13.9 Å². The summed E-state index contributed by atoms with van der Waals surface area (Å²) < 4.78 is 2.33. The monoisotopic (exact) mass is 494 g/mol. The number of carbonyl (C=O) groups excluding carboxylic acids is 4. The standard InChI is InChI=1S/C22H12AsBrO4/c24-23(17-7-3-1-4-8-17,18-9-5-2-6-10-18)22-11-16(12-25)19(13-26)20(14-27)21(22)15-28/h1-11,23H. The van der Waals surface area contributed by atoms with E-state index in [0.29, 0.717) is 4.35 Å². The van der Waals surface area contributed by atoms with Crippen LogP contribution in [0.3, 0.4) is 0 Å². The third-order valence-electron chi connectivity index (χ3n) is 4.46. The van der Waals surface area contributed by atoms with Crippen molar-refractivity contribution in [1.82, 2.24) is 0 Å². The Morgan fingerprint density at radius 2 is 1.07 bits per heavy atom. The van der Waals surface area contributed by atoms with Gasteiger partial charge < -0.3 is 0 Å². The second-order valence-electron chi connectivity index (χ2n) is 5.90. The van der Waals surface area contributed by atoms with Gasteiger partial charge in [0.1, 0.15) is 0 Å². The van der Waals surface area contributed by atoms with Crippen LogP contribution in [0.4, 0.5) is 0 Å². The van der Waals surface area contributed by atoms with Gasteiger partial charge in [-0.3, -0.25) is 0 Å². The number of benzene rings is 3. The van der Waals surface area contributed by atoms with E-state index in [0.717, 1.165) is 8.70 Å². The van der Waals surface area contributed by atoms with Crippen molar-refractivity contribution < 1.29 is 19.2 Å². The maximum absolute atomic E-state index is 11.9. The van der Waals surface area contributed by atoms with Crippen LogP contribution in [0.1, 0.15) is 0 Å². The number of halogens is 1. The van der Waals surface area contributed by atoms with Crippen LogP contribution in [0.5, 0.6) is 0 Å². The first-order chi connectivity index (χ1) is 13.6. The molecule has 0 saturated heterocycles. The summed E-state index contributed by atoms with van der Waals surface area (Å²) >= 11 is 0.243. The number of rotatable bonds is 3. The Hall–Kier alpha value is -2.98. The fourth-order valence-corrected chi connectivity index (χ4v) is 14.1. The summed E-state index contributed by atoms with van der Waals surface area (Å²) in [5.41, 5.74) is 0. The van der Waals surface area contributed by atoms with Crippen molar-refractivity contribution in [3.8, 4) is 0 Å². The molecule has 3 rings (SSSR count). The molecule has 28 heavy (non-hydrogen) atoms. The summed E-state index contributed by atoms with van der Waals surface area (Å²) in [6, 6.07) is 20.3. The fourth-order valence-electron chi connectivity index (χ4n) is 3.16. The zero-order valence-corrected chi connectivity index (χ0v) is 18.0. The molecule has 3 aromatic rings. The molecule has 3 aromatic carbocycles. The molecular formula is C22H12AsBrO4. The average molecular weight is 495 g/mol. The quantitative estimate of drug-likeness (QED) is 0.360. The molecule has 0 aliphatic rings. The molecule has 0 heterocycles. The van der Waals surface area contributed by atoms with Gasteiger partial charge in [-0.2, -0.15) is 0 Å². The summed E-state index contributed by atoms with van der Waals surface area (Å²) in [5, 5.41) is -0.867. The molecule has 0 radical (unpaired) electrons. The predicted molar refractivity (Wildman–Crippen MR) is 112 cm³/mol. The van der Waals surface area contributed by atoms with Gasteiger partial charge in [-0.05, 0) is 0 Å². The average Bonchev–Trinajstić information content (AvgIpc) is 2.77. The van der Waals surface area contributed by atoms with Gasteiger partial charge >= 0.3 is 169 Å². The number of hydrogen-bond acceptors (Lipinski definition) is 4. The summed E-state index contributed by atoms with van der Waals surface area (Å²) in [6.45, 7) is 0. The van der Waals surface area contributed by atoms with E-state index in [9.17, 15) is 19.2 Å². The first kappa shape index (κ1) is 19.8. The van der Waals surface area contributed by atoms with E-state index in [-0.39, 0.29) is 20.9 Å². The van der Waals surface area contributed by atoms with Crippen LogP contribution in [-0.4, -0.2) is 35.5 Å². The summed E-state index contributed by atoms with van der Waals surface area (Å²) in [6.07, 6.45) is 0. The molecule has 4 nitrogen and oxygen atoms in total. The molecule has 0 aliphatic carbocycles. The van der Waals surface area contributed by atoms with Gasteiger partial charge in [-0.15, -0.1) is 0 Å². The van der Waals surface area contributed by atoms with Crippen molar-refractivity contribution in [2.24, 2.45) is 0 Å². The summed E-state index contributed by atoms with van der Waals surface area (Å²) in [7, 11) is 0. The first-order valence-electron chi connectivity index (χ1n) is 8.15.